The van der Waals surface area contributed by atoms with Crippen LogP contribution in [-0.4, -0.2) is 77.1 Å². The van der Waals surface area contributed by atoms with Crippen molar-refractivity contribution in [3.63, 3.8) is 0 Å². The second kappa shape index (κ2) is 10.4. The Morgan fingerprint density at radius 1 is 0.974 bits per heavy atom. The Balaban J connectivity index is 1.02. The number of hydrogen-bond acceptors (Lipinski definition) is 3. The molecule has 39 heavy (non-hydrogen) atoms. The Bertz CT molecular complexity index is 983. The standard InChI is InChI=1S/C33H53N3O3/c1-22-20-36(21-22)31(39)35-17-15-34(16-18-35)30(38)10-5-23(2)27-8-9-28-26-7-6-24-19-25(37)11-13-32(24,3)29(26)12-14-33(27,28)4/h6,22-23,25-29,37H,5,7-21H2,1-4H3/t23?,25-,26-,27+,28-,29-,32-,33+/m0/s1. The predicted octanol–water partition coefficient (Wildman–Crippen LogP) is 5.56. The number of carbonyl (C=O) groups is 2. The van der Waals surface area contributed by atoms with E-state index in [4.69, 9.17) is 0 Å². The highest BCUT2D eigenvalue weighted by Gasteiger charge is 2.59. The number of hydrogen-bond donors (Lipinski definition) is 1. The maximum atomic E-state index is 13.2. The van der Waals surface area contributed by atoms with Crippen LogP contribution in [0.3, 0.4) is 0 Å². The zero-order valence-corrected chi connectivity index (χ0v) is 25.0. The number of urea groups is 1. The third-order valence-electron chi connectivity index (χ3n) is 12.9. The summed E-state index contributed by atoms with van der Waals surface area (Å²) in [5.74, 6) is 4.59. The molecular weight excluding hydrogens is 486 g/mol. The molecule has 2 heterocycles. The number of amides is 3. The summed E-state index contributed by atoms with van der Waals surface area (Å²) >= 11 is 0. The van der Waals surface area contributed by atoms with Gasteiger partial charge in [-0.3, -0.25) is 4.79 Å². The summed E-state index contributed by atoms with van der Waals surface area (Å²) < 4.78 is 0. The molecule has 0 spiro atoms. The maximum absolute atomic E-state index is 13.2. The molecule has 0 radical (unpaired) electrons. The van der Waals surface area contributed by atoms with E-state index < -0.39 is 0 Å². The summed E-state index contributed by atoms with van der Waals surface area (Å²) in [5.41, 5.74) is 2.27. The van der Waals surface area contributed by atoms with Crippen molar-refractivity contribution < 1.29 is 14.7 Å². The van der Waals surface area contributed by atoms with Crippen LogP contribution in [0.15, 0.2) is 11.6 Å². The first-order valence-corrected chi connectivity index (χ1v) is 16.3. The van der Waals surface area contributed by atoms with Crippen LogP contribution in [0, 0.1) is 46.3 Å². The van der Waals surface area contributed by atoms with Gasteiger partial charge < -0.3 is 19.8 Å². The van der Waals surface area contributed by atoms with Gasteiger partial charge in [0.15, 0.2) is 0 Å². The number of aliphatic hydroxyl groups is 1. The Labute approximate surface area is 236 Å². The Morgan fingerprint density at radius 2 is 1.69 bits per heavy atom. The third-order valence-corrected chi connectivity index (χ3v) is 12.9. The molecule has 6 heteroatoms. The number of fused-ring (bicyclic) bond motifs is 5. The molecule has 2 saturated heterocycles. The van der Waals surface area contributed by atoms with E-state index in [2.05, 4.69) is 33.8 Å². The van der Waals surface area contributed by atoms with E-state index in [1.165, 1.54) is 32.1 Å². The maximum Gasteiger partial charge on any atom is 0.320 e. The Morgan fingerprint density at radius 3 is 2.41 bits per heavy atom. The fraction of sp³-hybridized carbons (Fsp3) is 0.879. The molecule has 0 aromatic carbocycles. The number of aliphatic hydroxyl groups excluding tert-OH is 1. The largest absolute Gasteiger partial charge is 0.393 e. The van der Waals surface area contributed by atoms with Gasteiger partial charge in [0.2, 0.25) is 5.91 Å². The minimum absolute atomic E-state index is 0.130. The van der Waals surface area contributed by atoms with Crippen LogP contribution >= 0.6 is 0 Å². The fourth-order valence-corrected chi connectivity index (χ4v) is 10.5. The topological polar surface area (TPSA) is 64.1 Å². The van der Waals surface area contributed by atoms with Gasteiger partial charge in [-0.15, -0.1) is 0 Å². The molecule has 6 aliphatic rings. The first kappa shape index (κ1) is 27.6. The van der Waals surface area contributed by atoms with E-state index in [0.717, 1.165) is 62.4 Å². The molecule has 0 bridgehead atoms. The lowest BCUT2D eigenvalue weighted by molar-refractivity contribution is -0.133. The molecule has 3 saturated carbocycles. The molecule has 5 fully saturated rings. The molecule has 2 aliphatic heterocycles. The van der Waals surface area contributed by atoms with Crippen LogP contribution in [0.4, 0.5) is 4.79 Å². The average Bonchev–Trinajstić information content (AvgIpc) is 3.27. The monoisotopic (exact) mass is 539 g/mol. The smallest absolute Gasteiger partial charge is 0.320 e. The second-order valence-electron chi connectivity index (χ2n) is 15.1. The van der Waals surface area contributed by atoms with Crippen molar-refractivity contribution in [3.8, 4) is 0 Å². The van der Waals surface area contributed by atoms with E-state index >= 15 is 0 Å². The summed E-state index contributed by atoms with van der Waals surface area (Å²) in [6.45, 7) is 14.2. The zero-order valence-electron chi connectivity index (χ0n) is 25.0. The van der Waals surface area contributed by atoms with Gasteiger partial charge in [-0.05, 0) is 104 Å². The highest BCUT2D eigenvalue weighted by Crippen LogP contribution is 2.67. The van der Waals surface area contributed by atoms with E-state index in [9.17, 15) is 14.7 Å². The number of piperazine rings is 1. The first-order valence-electron chi connectivity index (χ1n) is 16.3. The van der Waals surface area contributed by atoms with Gasteiger partial charge in [0.05, 0.1) is 6.10 Å². The van der Waals surface area contributed by atoms with Crippen molar-refractivity contribution in [3.05, 3.63) is 11.6 Å². The van der Waals surface area contributed by atoms with Crippen LogP contribution in [0.1, 0.15) is 91.9 Å². The molecule has 218 valence electrons. The first-order chi connectivity index (χ1) is 18.6. The third kappa shape index (κ3) is 4.75. The zero-order chi connectivity index (χ0) is 27.5. The number of nitrogens with zero attached hydrogens (tertiary/aromatic N) is 3. The molecule has 0 aromatic rings. The molecule has 3 amide bonds. The van der Waals surface area contributed by atoms with Crippen molar-refractivity contribution in [2.24, 2.45) is 46.3 Å². The minimum Gasteiger partial charge on any atom is -0.393 e. The summed E-state index contributed by atoms with van der Waals surface area (Å²) in [5, 5.41) is 10.3. The number of carbonyl (C=O) groups excluding carboxylic acids is 2. The highest BCUT2D eigenvalue weighted by molar-refractivity contribution is 5.78. The number of allylic oxidation sites excluding steroid dienone is 1. The fourth-order valence-electron chi connectivity index (χ4n) is 10.5. The lowest BCUT2D eigenvalue weighted by Crippen LogP contribution is -2.58. The van der Waals surface area contributed by atoms with Crippen molar-refractivity contribution >= 4 is 11.9 Å². The van der Waals surface area contributed by atoms with E-state index in [1.807, 2.05) is 14.7 Å². The van der Waals surface area contributed by atoms with Crippen LogP contribution in [0.2, 0.25) is 0 Å². The summed E-state index contributed by atoms with van der Waals surface area (Å²) in [4.78, 5) is 31.7. The lowest BCUT2D eigenvalue weighted by Gasteiger charge is -2.58. The van der Waals surface area contributed by atoms with Crippen molar-refractivity contribution in [2.45, 2.75) is 98.0 Å². The summed E-state index contributed by atoms with van der Waals surface area (Å²) in [6.07, 6.45) is 13.6. The van der Waals surface area contributed by atoms with Crippen LogP contribution in [0.5, 0.6) is 0 Å². The molecule has 8 atom stereocenters. The van der Waals surface area contributed by atoms with E-state index in [0.29, 0.717) is 55.3 Å². The van der Waals surface area contributed by atoms with Crippen LogP contribution in [-0.2, 0) is 4.79 Å². The molecule has 1 unspecified atom stereocenters. The highest BCUT2D eigenvalue weighted by atomic mass is 16.3. The average molecular weight is 540 g/mol. The summed E-state index contributed by atoms with van der Waals surface area (Å²) in [6, 6.07) is 0.160. The van der Waals surface area contributed by atoms with Crippen molar-refractivity contribution in [1.29, 1.82) is 0 Å². The van der Waals surface area contributed by atoms with Crippen molar-refractivity contribution in [2.75, 3.05) is 39.3 Å². The SMILES string of the molecule is CC1CN(C(=O)N2CCN(C(=O)CCC(C)[C@H]3CC[C@H]4[C@@H]5CC=C6C[C@@H](O)CC[C@]6(C)[C@H]5CC[C@]34C)CC2)C1. The molecule has 4 aliphatic carbocycles. The second-order valence-corrected chi connectivity index (χ2v) is 15.1. The van der Waals surface area contributed by atoms with Gasteiger partial charge in [-0.25, -0.2) is 4.79 Å². The molecule has 0 aromatic heterocycles. The predicted molar refractivity (Wildman–Crippen MR) is 154 cm³/mol. The molecule has 6 nitrogen and oxygen atoms in total. The van der Waals surface area contributed by atoms with Crippen LogP contribution in [0.25, 0.3) is 0 Å². The minimum atomic E-state index is -0.130. The van der Waals surface area contributed by atoms with Gasteiger partial charge in [-0.1, -0.05) is 39.3 Å². The molecule has 6 rings (SSSR count). The summed E-state index contributed by atoms with van der Waals surface area (Å²) in [7, 11) is 0. The van der Waals surface area contributed by atoms with Gasteiger partial charge in [-0.2, -0.15) is 0 Å². The van der Waals surface area contributed by atoms with Gasteiger partial charge >= 0.3 is 6.03 Å². The van der Waals surface area contributed by atoms with Gasteiger partial charge in [0.25, 0.3) is 0 Å². The quantitative estimate of drug-likeness (QED) is 0.476. The lowest BCUT2D eigenvalue weighted by atomic mass is 9.47. The normalized spacial score (nSPS) is 41.2. The van der Waals surface area contributed by atoms with Gasteiger partial charge in [0, 0.05) is 45.7 Å². The Hall–Kier alpha value is -1.56. The number of likely N-dealkylation sites (tertiary alicyclic amines) is 1. The van der Waals surface area contributed by atoms with Crippen molar-refractivity contribution in [1.82, 2.24) is 14.7 Å². The molecule has 1 N–H and O–H groups in total. The van der Waals surface area contributed by atoms with Gasteiger partial charge in [0.1, 0.15) is 0 Å². The molecular formula is C33H53N3O3. The Kier molecular flexibility index (Phi) is 7.34. The van der Waals surface area contributed by atoms with E-state index in [1.54, 1.807) is 5.57 Å². The number of rotatable bonds is 4. The van der Waals surface area contributed by atoms with Crippen LogP contribution < -0.4 is 0 Å². The van der Waals surface area contributed by atoms with E-state index in [-0.39, 0.29) is 18.0 Å².